The molecule has 0 fully saturated rings. The van der Waals surface area contributed by atoms with Crippen LogP contribution in [-0.4, -0.2) is 39.3 Å². The summed E-state index contributed by atoms with van der Waals surface area (Å²) in [6.45, 7) is 3.69. The van der Waals surface area contributed by atoms with Crippen molar-refractivity contribution in [3.8, 4) is 5.69 Å². The quantitative estimate of drug-likeness (QED) is 0.419. The fourth-order valence-corrected chi connectivity index (χ4v) is 4.98. The fourth-order valence-electron chi connectivity index (χ4n) is 4.98. The Morgan fingerprint density at radius 2 is 1.78 bits per heavy atom. The summed E-state index contributed by atoms with van der Waals surface area (Å²) in [6, 6.07) is 21.3. The van der Waals surface area contributed by atoms with Gasteiger partial charge in [-0.15, -0.1) is 0 Å². The zero-order valence-corrected chi connectivity index (χ0v) is 20.6. The van der Waals surface area contributed by atoms with Gasteiger partial charge in [0.05, 0.1) is 18.0 Å². The third-order valence-electron chi connectivity index (χ3n) is 6.67. The van der Waals surface area contributed by atoms with Crippen molar-refractivity contribution in [3.05, 3.63) is 113 Å². The lowest BCUT2D eigenvalue weighted by molar-refractivity contribution is -0.121. The van der Waals surface area contributed by atoms with Gasteiger partial charge in [-0.1, -0.05) is 48.0 Å². The molecule has 8 heteroatoms. The molecule has 2 N–H and O–H groups in total. The number of rotatable bonds is 6. The van der Waals surface area contributed by atoms with E-state index < -0.39 is 23.7 Å². The number of fused-ring (bicyclic) bond motifs is 1. The lowest BCUT2D eigenvalue weighted by Crippen LogP contribution is -2.55. The zero-order chi connectivity index (χ0) is 26.1. The number of aryl methyl sites for hydroxylation is 1. The maximum atomic E-state index is 14.0. The molecule has 0 spiro atoms. The fraction of sp³-hybridized carbons (Fsp3) is 0.207. The van der Waals surface area contributed by atoms with E-state index in [0.717, 1.165) is 11.3 Å². The van der Waals surface area contributed by atoms with Gasteiger partial charge in [0.1, 0.15) is 17.7 Å². The van der Waals surface area contributed by atoms with Gasteiger partial charge in [-0.05, 0) is 55.8 Å². The van der Waals surface area contributed by atoms with Crippen LogP contribution in [0.25, 0.3) is 5.69 Å². The first-order chi connectivity index (χ1) is 17.9. The molecular formula is C29H27FN4O3. The van der Waals surface area contributed by atoms with Crippen LogP contribution in [0.3, 0.4) is 0 Å². The van der Waals surface area contributed by atoms with Gasteiger partial charge < -0.3 is 10.4 Å². The number of aromatic nitrogens is 2. The van der Waals surface area contributed by atoms with E-state index in [1.54, 1.807) is 39.9 Å². The Morgan fingerprint density at radius 3 is 2.43 bits per heavy atom. The summed E-state index contributed by atoms with van der Waals surface area (Å²) in [5.41, 5.74) is 3.71. The highest BCUT2D eigenvalue weighted by atomic mass is 19.1. The molecule has 188 valence electrons. The number of anilines is 1. The number of hydrogen-bond donors (Lipinski definition) is 2. The lowest BCUT2D eigenvalue weighted by atomic mass is 9.81. The predicted molar refractivity (Wildman–Crippen MR) is 138 cm³/mol. The standard InChI is InChI=1S/C29H27FN4O3/c1-3-33-28-25(23(17-35)32-34(28)22-10-5-4-6-11-22)24(19-12-14-21(30)15-13-19)26(29(33)37)31-27(36)20-9-7-8-18(2)16-20/h4-16,24,26,35H,3,17H2,1-2H3,(H,31,36)/t24?,26-/m0/s1. The van der Waals surface area contributed by atoms with Crippen LogP contribution in [0.2, 0.25) is 0 Å². The zero-order valence-electron chi connectivity index (χ0n) is 20.6. The van der Waals surface area contributed by atoms with E-state index in [9.17, 15) is 19.1 Å². The van der Waals surface area contributed by atoms with Crippen molar-refractivity contribution in [2.24, 2.45) is 0 Å². The first kappa shape index (κ1) is 24.4. The summed E-state index contributed by atoms with van der Waals surface area (Å²) in [5.74, 6) is -1.29. The van der Waals surface area contributed by atoms with Crippen LogP contribution >= 0.6 is 0 Å². The molecule has 2 atom stereocenters. The third-order valence-corrected chi connectivity index (χ3v) is 6.67. The highest BCUT2D eigenvalue weighted by molar-refractivity contribution is 6.05. The average Bonchev–Trinajstić information content (AvgIpc) is 3.29. The Labute approximate surface area is 214 Å². The molecule has 2 amide bonds. The lowest BCUT2D eigenvalue weighted by Gasteiger charge is -2.38. The smallest absolute Gasteiger partial charge is 0.251 e. The highest BCUT2D eigenvalue weighted by Crippen LogP contribution is 2.43. The van der Waals surface area contributed by atoms with E-state index >= 15 is 0 Å². The van der Waals surface area contributed by atoms with Crippen molar-refractivity contribution in [3.63, 3.8) is 0 Å². The van der Waals surface area contributed by atoms with Crippen LogP contribution in [0.4, 0.5) is 10.2 Å². The molecule has 1 aromatic heterocycles. The molecule has 0 aliphatic carbocycles. The summed E-state index contributed by atoms with van der Waals surface area (Å²) in [4.78, 5) is 28.9. The number of amides is 2. The molecule has 4 aromatic rings. The first-order valence-corrected chi connectivity index (χ1v) is 12.1. The summed E-state index contributed by atoms with van der Waals surface area (Å²) >= 11 is 0. The van der Waals surface area contributed by atoms with E-state index in [1.165, 1.54) is 12.1 Å². The molecule has 7 nitrogen and oxygen atoms in total. The SMILES string of the molecule is CCN1C(=O)[C@@H](NC(=O)c2cccc(C)c2)C(c2ccc(F)cc2)c2c(CO)nn(-c3ccccc3)c21. The number of carbonyl (C=O) groups is 2. The van der Waals surface area contributed by atoms with Crippen molar-refractivity contribution >= 4 is 17.6 Å². The van der Waals surface area contributed by atoms with Crippen molar-refractivity contribution in [1.82, 2.24) is 15.1 Å². The van der Waals surface area contributed by atoms with Crippen LogP contribution in [0.5, 0.6) is 0 Å². The number of likely N-dealkylation sites (N-methyl/N-ethyl adjacent to an activating group) is 1. The van der Waals surface area contributed by atoms with Crippen molar-refractivity contribution in [2.45, 2.75) is 32.4 Å². The minimum absolute atomic E-state index is 0.313. The summed E-state index contributed by atoms with van der Waals surface area (Å²) in [6.07, 6.45) is 0. The number of para-hydroxylation sites is 1. The molecule has 1 unspecified atom stereocenters. The van der Waals surface area contributed by atoms with E-state index in [2.05, 4.69) is 10.4 Å². The van der Waals surface area contributed by atoms with Crippen LogP contribution in [0.1, 0.15) is 45.6 Å². The van der Waals surface area contributed by atoms with Crippen LogP contribution in [0, 0.1) is 12.7 Å². The number of halogens is 1. The number of benzene rings is 3. The minimum Gasteiger partial charge on any atom is -0.390 e. The number of aliphatic hydroxyl groups excluding tert-OH is 1. The topological polar surface area (TPSA) is 87.5 Å². The molecular weight excluding hydrogens is 471 g/mol. The monoisotopic (exact) mass is 498 g/mol. The Kier molecular flexibility index (Phi) is 6.58. The predicted octanol–water partition coefficient (Wildman–Crippen LogP) is 4.11. The normalized spacial score (nSPS) is 17.0. The Morgan fingerprint density at radius 1 is 1.05 bits per heavy atom. The largest absolute Gasteiger partial charge is 0.390 e. The van der Waals surface area contributed by atoms with Crippen molar-refractivity contribution in [1.29, 1.82) is 0 Å². The molecule has 0 saturated heterocycles. The number of nitrogens with one attached hydrogen (secondary N) is 1. The van der Waals surface area contributed by atoms with Gasteiger partial charge in [0.25, 0.3) is 11.8 Å². The van der Waals surface area contributed by atoms with Crippen LogP contribution < -0.4 is 10.2 Å². The maximum Gasteiger partial charge on any atom is 0.251 e. The van der Waals surface area contributed by atoms with E-state index in [1.807, 2.05) is 50.2 Å². The Balaban J connectivity index is 1.71. The molecule has 0 saturated carbocycles. The van der Waals surface area contributed by atoms with E-state index in [4.69, 9.17) is 0 Å². The van der Waals surface area contributed by atoms with Gasteiger partial charge in [0, 0.05) is 23.6 Å². The summed E-state index contributed by atoms with van der Waals surface area (Å²) < 4.78 is 15.5. The number of nitrogens with zero attached hydrogens (tertiary/aromatic N) is 3. The van der Waals surface area contributed by atoms with Gasteiger partial charge in [0.2, 0.25) is 0 Å². The minimum atomic E-state index is -0.996. The van der Waals surface area contributed by atoms with Gasteiger partial charge in [-0.25, -0.2) is 9.07 Å². The van der Waals surface area contributed by atoms with Gasteiger partial charge >= 0.3 is 0 Å². The maximum absolute atomic E-state index is 14.0. The highest BCUT2D eigenvalue weighted by Gasteiger charge is 2.46. The van der Waals surface area contributed by atoms with Gasteiger partial charge in [0.15, 0.2) is 0 Å². The second kappa shape index (κ2) is 9.99. The molecule has 3 aromatic carbocycles. The van der Waals surface area contributed by atoms with Gasteiger partial charge in [-0.3, -0.25) is 14.5 Å². The summed E-state index contributed by atoms with van der Waals surface area (Å²) in [5, 5.41) is 18.0. The van der Waals surface area contributed by atoms with Crippen LogP contribution in [-0.2, 0) is 11.4 Å². The third kappa shape index (κ3) is 4.40. The first-order valence-electron chi connectivity index (χ1n) is 12.1. The molecule has 37 heavy (non-hydrogen) atoms. The van der Waals surface area contributed by atoms with E-state index in [-0.39, 0.29) is 12.5 Å². The second-order valence-corrected chi connectivity index (χ2v) is 9.02. The Hall–Kier alpha value is -4.30. The van der Waals surface area contributed by atoms with Crippen molar-refractivity contribution < 1.29 is 19.1 Å². The molecule has 0 bridgehead atoms. The van der Waals surface area contributed by atoms with E-state index in [0.29, 0.717) is 34.7 Å². The number of carbonyl (C=O) groups excluding carboxylic acids is 2. The van der Waals surface area contributed by atoms with Gasteiger partial charge in [-0.2, -0.15) is 5.10 Å². The average molecular weight is 499 g/mol. The van der Waals surface area contributed by atoms with Crippen molar-refractivity contribution in [2.75, 3.05) is 11.4 Å². The molecule has 5 rings (SSSR count). The molecule has 0 radical (unpaired) electrons. The number of aliphatic hydroxyl groups is 1. The molecule has 2 heterocycles. The number of hydrogen-bond acceptors (Lipinski definition) is 4. The van der Waals surface area contributed by atoms with Crippen LogP contribution in [0.15, 0.2) is 78.9 Å². The molecule has 1 aliphatic rings. The summed E-state index contributed by atoms with van der Waals surface area (Å²) in [7, 11) is 0. The second-order valence-electron chi connectivity index (χ2n) is 9.02. The molecule has 1 aliphatic heterocycles. The Bertz CT molecular complexity index is 1450.